The standard InChI is InChI=1S/C18H20O4/c1-11-8-18(22-4)16(20)10-14(11)12(2)13-6-5-7-17(21-3)15(19)9-13/h7-10,12-13,19-20H,1-4H3. The first-order valence-electron chi connectivity index (χ1n) is 7.01. The minimum absolute atomic E-state index is 0.00365. The zero-order valence-electron chi connectivity index (χ0n) is 13.2. The summed E-state index contributed by atoms with van der Waals surface area (Å²) in [7, 11) is 3.01. The fraction of sp³-hybridized carbons (Fsp3) is 0.333. The van der Waals surface area contributed by atoms with E-state index >= 15 is 0 Å². The van der Waals surface area contributed by atoms with Gasteiger partial charge in [-0.2, -0.15) is 0 Å². The number of aromatic hydroxyl groups is 1. The minimum Gasteiger partial charge on any atom is -0.504 e. The molecule has 22 heavy (non-hydrogen) atoms. The van der Waals surface area contributed by atoms with E-state index in [1.807, 2.05) is 13.8 Å². The Balaban J connectivity index is 2.36. The second-order valence-corrected chi connectivity index (χ2v) is 5.25. The molecule has 0 amide bonds. The average molecular weight is 300 g/mol. The zero-order chi connectivity index (χ0) is 16.3. The molecule has 116 valence electrons. The molecule has 2 N–H and O–H groups in total. The van der Waals surface area contributed by atoms with Crippen molar-refractivity contribution < 1.29 is 19.7 Å². The van der Waals surface area contributed by atoms with Crippen LogP contribution in [0, 0.1) is 24.7 Å². The van der Waals surface area contributed by atoms with Gasteiger partial charge in [0.05, 0.1) is 14.2 Å². The minimum atomic E-state index is -0.185. The third-order valence-corrected chi connectivity index (χ3v) is 3.86. The van der Waals surface area contributed by atoms with E-state index in [0.29, 0.717) is 11.5 Å². The topological polar surface area (TPSA) is 58.9 Å². The maximum atomic E-state index is 10.0. The molecule has 2 unspecified atom stereocenters. The first-order chi connectivity index (χ1) is 10.5. The molecular weight excluding hydrogens is 280 g/mol. The Labute approximate surface area is 130 Å². The molecule has 0 radical (unpaired) electrons. The fourth-order valence-electron chi connectivity index (χ4n) is 2.54. The molecule has 0 saturated carbocycles. The monoisotopic (exact) mass is 300 g/mol. The zero-order valence-corrected chi connectivity index (χ0v) is 13.2. The first-order valence-corrected chi connectivity index (χ1v) is 7.01. The number of phenolic OH excluding ortho intramolecular Hbond substituents is 1. The van der Waals surface area contributed by atoms with Crippen molar-refractivity contribution in [2.45, 2.75) is 19.8 Å². The summed E-state index contributed by atoms with van der Waals surface area (Å²) in [6.45, 7) is 3.97. The van der Waals surface area contributed by atoms with Gasteiger partial charge in [0.15, 0.2) is 23.0 Å². The third-order valence-electron chi connectivity index (χ3n) is 3.86. The van der Waals surface area contributed by atoms with Gasteiger partial charge in [-0.1, -0.05) is 18.8 Å². The SMILES string of the molecule is COC1=CC#CC(C(C)c2cc(O)c(OC)cc2C)C=C1O. The van der Waals surface area contributed by atoms with Crippen molar-refractivity contribution in [3.05, 3.63) is 46.9 Å². The molecule has 1 aliphatic carbocycles. The average Bonchev–Trinajstić information content (AvgIpc) is 2.69. The molecule has 0 spiro atoms. The molecule has 4 nitrogen and oxygen atoms in total. The van der Waals surface area contributed by atoms with Crippen molar-refractivity contribution in [1.82, 2.24) is 0 Å². The molecule has 4 heteroatoms. The lowest BCUT2D eigenvalue weighted by Gasteiger charge is -2.20. The van der Waals surface area contributed by atoms with E-state index in [2.05, 4.69) is 11.8 Å². The number of aryl methyl sites for hydroxylation is 1. The van der Waals surface area contributed by atoms with Crippen LogP contribution in [0.4, 0.5) is 0 Å². The van der Waals surface area contributed by atoms with E-state index in [0.717, 1.165) is 11.1 Å². The van der Waals surface area contributed by atoms with Crippen LogP contribution in [0.2, 0.25) is 0 Å². The van der Waals surface area contributed by atoms with E-state index in [-0.39, 0.29) is 23.3 Å². The van der Waals surface area contributed by atoms with Crippen LogP contribution in [-0.2, 0) is 4.74 Å². The van der Waals surface area contributed by atoms with Crippen LogP contribution >= 0.6 is 0 Å². The van der Waals surface area contributed by atoms with Gasteiger partial charge in [-0.05, 0) is 42.2 Å². The third kappa shape index (κ3) is 3.04. The number of allylic oxidation sites excluding steroid dienone is 2. The Hall–Kier alpha value is -2.54. The molecule has 1 aliphatic rings. The Kier molecular flexibility index (Phi) is 4.67. The van der Waals surface area contributed by atoms with Crippen molar-refractivity contribution in [2.24, 2.45) is 5.92 Å². The quantitative estimate of drug-likeness (QED) is 0.837. The van der Waals surface area contributed by atoms with E-state index in [4.69, 9.17) is 9.47 Å². The maximum absolute atomic E-state index is 10.0. The highest BCUT2D eigenvalue weighted by Gasteiger charge is 2.21. The van der Waals surface area contributed by atoms with Crippen molar-refractivity contribution in [3.63, 3.8) is 0 Å². The molecule has 0 fully saturated rings. The Morgan fingerprint density at radius 2 is 1.91 bits per heavy atom. The summed E-state index contributed by atoms with van der Waals surface area (Å²) in [6, 6.07) is 3.49. The number of hydrogen-bond acceptors (Lipinski definition) is 4. The van der Waals surface area contributed by atoms with Crippen molar-refractivity contribution in [1.29, 1.82) is 0 Å². The number of aliphatic hydroxyl groups excluding tert-OH is 1. The Morgan fingerprint density at radius 3 is 2.55 bits per heavy atom. The van der Waals surface area contributed by atoms with Gasteiger partial charge in [0.2, 0.25) is 0 Å². The van der Waals surface area contributed by atoms with Crippen LogP contribution in [0.3, 0.4) is 0 Å². The molecule has 0 heterocycles. The van der Waals surface area contributed by atoms with Gasteiger partial charge in [-0.25, -0.2) is 0 Å². The highest BCUT2D eigenvalue weighted by Crippen LogP contribution is 2.36. The van der Waals surface area contributed by atoms with Gasteiger partial charge in [0.1, 0.15) is 0 Å². The number of aliphatic hydroxyl groups is 1. The van der Waals surface area contributed by atoms with E-state index in [1.54, 1.807) is 24.3 Å². The molecule has 0 aliphatic heterocycles. The van der Waals surface area contributed by atoms with Gasteiger partial charge in [-0.3, -0.25) is 0 Å². The van der Waals surface area contributed by atoms with Crippen LogP contribution in [-0.4, -0.2) is 24.4 Å². The van der Waals surface area contributed by atoms with E-state index in [1.165, 1.54) is 14.2 Å². The Bertz CT molecular complexity index is 689. The number of benzene rings is 1. The molecule has 0 bridgehead atoms. The lowest BCUT2D eigenvalue weighted by molar-refractivity contribution is 0.255. The van der Waals surface area contributed by atoms with E-state index in [9.17, 15) is 10.2 Å². The van der Waals surface area contributed by atoms with Crippen LogP contribution in [0.5, 0.6) is 11.5 Å². The first kappa shape index (κ1) is 15.8. The summed E-state index contributed by atoms with van der Waals surface area (Å²) in [5, 5.41) is 20.0. The summed E-state index contributed by atoms with van der Waals surface area (Å²) < 4.78 is 10.2. The predicted octanol–water partition coefficient (Wildman–Crippen LogP) is 3.42. The molecule has 0 aromatic heterocycles. The number of ether oxygens (including phenoxy) is 2. The molecule has 1 aromatic carbocycles. The molecule has 0 saturated heterocycles. The van der Waals surface area contributed by atoms with Crippen molar-refractivity contribution in [3.8, 4) is 23.3 Å². The van der Waals surface area contributed by atoms with Gasteiger partial charge < -0.3 is 19.7 Å². The maximum Gasteiger partial charge on any atom is 0.168 e. The number of phenols is 1. The Morgan fingerprint density at radius 1 is 1.18 bits per heavy atom. The van der Waals surface area contributed by atoms with E-state index < -0.39 is 0 Å². The van der Waals surface area contributed by atoms with Crippen molar-refractivity contribution in [2.75, 3.05) is 14.2 Å². The smallest absolute Gasteiger partial charge is 0.168 e. The normalized spacial score (nSPS) is 18.3. The van der Waals surface area contributed by atoms with Crippen molar-refractivity contribution >= 4 is 0 Å². The van der Waals surface area contributed by atoms with Crippen LogP contribution in [0.1, 0.15) is 24.0 Å². The molecule has 1 aromatic rings. The van der Waals surface area contributed by atoms with Gasteiger partial charge in [0.25, 0.3) is 0 Å². The second kappa shape index (κ2) is 6.48. The van der Waals surface area contributed by atoms with Crippen LogP contribution in [0.15, 0.2) is 35.8 Å². The summed E-state index contributed by atoms with van der Waals surface area (Å²) in [6.07, 6.45) is 3.23. The fourth-order valence-corrected chi connectivity index (χ4v) is 2.54. The summed E-state index contributed by atoms with van der Waals surface area (Å²) >= 11 is 0. The molecule has 2 rings (SSSR count). The second-order valence-electron chi connectivity index (χ2n) is 5.25. The number of hydrogen-bond donors (Lipinski definition) is 2. The largest absolute Gasteiger partial charge is 0.504 e. The van der Waals surface area contributed by atoms with Gasteiger partial charge >= 0.3 is 0 Å². The lowest BCUT2D eigenvalue weighted by atomic mass is 9.85. The summed E-state index contributed by atoms with van der Waals surface area (Å²) in [4.78, 5) is 0. The highest BCUT2D eigenvalue weighted by atomic mass is 16.5. The molecule has 2 atom stereocenters. The van der Waals surface area contributed by atoms with Gasteiger partial charge in [0, 0.05) is 12.0 Å². The van der Waals surface area contributed by atoms with Gasteiger partial charge in [-0.15, -0.1) is 0 Å². The van der Waals surface area contributed by atoms with Crippen LogP contribution < -0.4 is 4.74 Å². The summed E-state index contributed by atoms with van der Waals surface area (Å²) in [5.41, 5.74) is 1.96. The lowest BCUT2D eigenvalue weighted by Crippen LogP contribution is -2.08. The molecular formula is C18H20O4. The van der Waals surface area contributed by atoms with Crippen LogP contribution in [0.25, 0.3) is 0 Å². The number of rotatable bonds is 4. The predicted molar refractivity (Wildman–Crippen MR) is 84.9 cm³/mol. The summed E-state index contributed by atoms with van der Waals surface area (Å²) in [5.74, 6) is 6.77. The highest BCUT2D eigenvalue weighted by molar-refractivity contribution is 5.48. The number of methoxy groups -OCH3 is 2.